The molecule has 2 rings (SSSR count). The molecule has 2 fully saturated rings. The van der Waals surface area contributed by atoms with Gasteiger partial charge in [0, 0.05) is 26.1 Å². The van der Waals surface area contributed by atoms with Crippen molar-refractivity contribution in [2.24, 2.45) is 17.6 Å². The summed E-state index contributed by atoms with van der Waals surface area (Å²) in [4.78, 5) is 28.7. The Hall–Kier alpha value is -1.10. The second-order valence-electron chi connectivity index (χ2n) is 6.66. The Morgan fingerprint density at radius 2 is 1.95 bits per heavy atom. The molecular weight excluding hydrogens is 254 g/mol. The van der Waals surface area contributed by atoms with Crippen LogP contribution in [-0.4, -0.2) is 53.8 Å². The first kappa shape index (κ1) is 15.3. The molecule has 20 heavy (non-hydrogen) atoms. The molecule has 1 saturated heterocycles. The fourth-order valence-electron chi connectivity index (χ4n) is 3.61. The maximum absolute atomic E-state index is 12.9. The molecule has 2 aliphatic rings. The summed E-state index contributed by atoms with van der Waals surface area (Å²) in [5.41, 5.74) is 5.10. The van der Waals surface area contributed by atoms with Crippen LogP contribution in [0.25, 0.3) is 0 Å². The van der Waals surface area contributed by atoms with Gasteiger partial charge in [0.15, 0.2) is 0 Å². The van der Waals surface area contributed by atoms with E-state index < -0.39 is 5.54 Å². The number of likely N-dealkylation sites (N-methyl/N-ethyl adjacent to an activating group) is 1. The molecule has 0 spiro atoms. The van der Waals surface area contributed by atoms with Crippen molar-refractivity contribution in [1.29, 1.82) is 0 Å². The molecule has 2 unspecified atom stereocenters. The third kappa shape index (κ3) is 2.55. The summed E-state index contributed by atoms with van der Waals surface area (Å²) in [6, 6.07) is 0. The maximum atomic E-state index is 12.9. The number of carbonyl (C=O) groups is 2. The van der Waals surface area contributed by atoms with E-state index in [-0.39, 0.29) is 23.7 Å². The van der Waals surface area contributed by atoms with Gasteiger partial charge in [0.25, 0.3) is 0 Å². The summed E-state index contributed by atoms with van der Waals surface area (Å²) in [5.74, 6) is 0.440. The van der Waals surface area contributed by atoms with E-state index in [2.05, 4.69) is 0 Å². The van der Waals surface area contributed by atoms with E-state index in [9.17, 15) is 9.59 Å². The highest BCUT2D eigenvalue weighted by Gasteiger charge is 2.45. The van der Waals surface area contributed by atoms with Crippen LogP contribution in [0.15, 0.2) is 0 Å². The second-order valence-corrected chi connectivity index (χ2v) is 6.66. The first-order chi connectivity index (χ1) is 9.39. The third-order valence-corrected chi connectivity index (χ3v) is 5.00. The molecule has 1 aliphatic heterocycles. The first-order valence-corrected chi connectivity index (χ1v) is 7.66. The van der Waals surface area contributed by atoms with Crippen LogP contribution in [0.5, 0.6) is 0 Å². The van der Waals surface area contributed by atoms with Crippen molar-refractivity contribution in [3.05, 3.63) is 0 Å². The van der Waals surface area contributed by atoms with Crippen LogP contribution in [0, 0.1) is 11.8 Å². The van der Waals surface area contributed by atoms with E-state index >= 15 is 0 Å². The summed E-state index contributed by atoms with van der Waals surface area (Å²) >= 11 is 0. The minimum Gasteiger partial charge on any atom is -0.342 e. The molecule has 1 heterocycles. The van der Waals surface area contributed by atoms with Crippen LogP contribution < -0.4 is 5.73 Å². The highest BCUT2D eigenvalue weighted by Crippen LogP contribution is 2.33. The summed E-state index contributed by atoms with van der Waals surface area (Å²) in [6.45, 7) is 5.51. The smallest absolute Gasteiger partial charge is 0.247 e. The highest BCUT2D eigenvalue weighted by atomic mass is 16.2. The number of nitrogens with two attached hydrogens (primary N) is 1. The van der Waals surface area contributed by atoms with Crippen LogP contribution in [0.3, 0.4) is 0 Å². The topological polar surface area (TPSA) is 66.6 Å². The van der Waals surface area contributed by atoms with E-state index in [0.29, 0.717) is 19.6 Å². The molecule has 2 N–H and O–H groups in total. The van der Waals surface area contributed by atoms with Crippen LogP contribution in [0.2, 0.25) is 0 Å². The van der Waals surface area contributed by atoms with Gasteiger partial charge in [-0.1, -0.05) is 12.8 Å². The average molecular weight is 281 g/mol. The molecule has 1 aliphatic carbocycles. The zero-order valence-electron chi connectivity index (χ0n) is 12.9. The average Bonchev–Trinajstić information content (AvgIpc) is 2.44. The van der Waals surface area contributed by atoms with Crippen LogP contribution in [-0.2, 0) is 9.59 Å². The molecule has 1 saturated carbocycles. The lowest BCUT2D eigenvalue weighted by Gasteiger charge is -2.47. The highest BCUT2D eigenvalue weighted by molar-refractivity contribution is 5.92. The normalized spacial score (nSPS) is 30.5. The lowest BCUT2D eigenvalue weighted by molar-refractivity contribution is -0.161. The Kier molecular flexibility index (Phi) is 4.37. The molecule has 5 heteroatoms. The van der Waals surface area contributed by atoms with Crippen molar-refractivity contribution in [2.45, 2.75) is 45.1 Å². The van der Waals surface area contributed by atoms with Gasteiger partial charge >= 0.3 is 0 Å². The molecule has 0 bridgehead atoms. The van der Waals surface area contributed by atoms with Crippen LogP contribution in [0.4, 0.5) is 0 Å². The molecule has 2 atom stereocenters. The van der Waals surface area contributed by atoms with Gasteiger partial charge in [-0.25, -0.2) is 0 Å². The number of rotatable bonds is 2. The van der Waals surface area contributed by atoms with Crippen molar-refractivity contribution < 1.29 is 9.59 Å². The Bertz CT molecular complexity index is 395. The Balaban J connectivity index is 2.17. The minimum absolute atomic E-state index is 0.00392. The molecule has 0 radical (unpaired) electrons. The van der Waals surface area contributed by atoms with Gasteiger partial charge in [0.2, 0.25) is 11.8 Å². The number of nitrogens with zero attached hydrogens (tertiary/aromatic N) is 2. The predicted octanol–water partition coefficient (Wildman–Crippen LogP) is 0.831. The number of amides is 2. The van der Waals surface area contributed by atoms with Gasteiger partial charge in [-0.2, -0.15) is 0 Å². The van der Waals surface area contributed by atoms with E-state index in [0.717, 1.165) is 25.7 Å². The van der Waals surface area contributed by atoms with Crippen molar-refractivity contribution >= 4 is 11.8 Å². The monoisotopic (exact) mass is 281 g/mol. The second kappa shape index (κ2) is 5.72. The molecule has 114 valence electrons. The van der Waals surface area contributed by atoms with Gasteiger partial charge < -0.3 is 15.5 Å². The van der Waals surface area contributed by atoms with E-state index in [4.69, 9.17) is 5.73 Å². The van der Waals surface area contributed by atoms with E-state index in [1.165, 1.54) is 0 Å². The van der Waals surface area contributed by atoms with E-state index in [1.807, 2.05) is 13.8 Å². The third-order valence-electron chi connectivity index (χ3n) is 5.00. The van der Waals surface area contributed by atoms with Gasteiger partial charge in [0.05, 0.1) is 0 Å². The first-order valence-electron chi connectivity index (χ1n) is 7.66. The number of hydrogen-bond donors (Lipinski definition) is 1. The molecule has 5 nitrogen and oxygen atoms in total. The largest absolute Gasteiger partial charge is 0.342 e. The standard InChI is InChI=1S/C15H27N3O2/c1-15(2)14(20)17(3)8-9-18(15)13(19)12-7-5-4-6-11(12)10-16/h11-12H,4-10,16H2,1-3H3. The van der Waals surface area contributed by atoms with Crippen LogP contribution >= 0.6 is 0 Å². The summed E-state index contributed by atoms with van der Waals surface area (Å²) in [6.07, 6.45) is 4.21. The van der Waals surface area contributed by atoms with Crippen molar-refractivity contribution in [3.63, 3.8) is 0 Å². The van der Waals surface area contributed by atoms with Crippen molar-refractivity contribution in [1.82, 2.24) is 9.80 Å². The lowest BCUT2D eigenvalue weighted by Crippen LogP contribution is -2.65. The van der Waals surface area contributed by atoms with Gasteiger partial charge in [0.1, 0.15) is 5.54 Å². The Morgan fingerprint density at radius 3 is 2.60 bits per heavy atom. The Morgan fingerprint density at radius 1 is 1.30 bits per heavy atom. The number of carbonyl (C=O) groups excluding carboxylic acids is 2. The SMILES string of the molecule is CN1CCN(C(=O)C2CCCCC2CN)C(C)(C)C1=O. The zero-order chi connectivity index (χ0) is 14.9. The number of piperazine rings is 1. The summed E-state index contributed by atoms with van der Waals surface area (Å²) < 4.78 is 0. The summed E-state index contributed by atoms with van der Waals surface area (Å²) in [5, 5.41) is 0. The molecular formula is C15H27N3O2. The zero-order valence-corrected chi connectivity index (χ0v) is 12.9. The number of hydrogen-bond acceptors (Lipinski definition) is 3. The predicted molar refractivity (Wildman–Crippen MR) is 77.9 cm³/mol. The maximum Gasteiger partial charge on any atom is 0.247 e. The molecule has 0 aromatic carbocycles. The fourth-order valence-corrected chi connectivity index (χ4v) is 3.61. The quantitative estimate of drug-likeness (QED) is 0.815. The van der Waals surface area contributed by atoms with Crippen molar-refractivity contribution in [3.8, 4) is 0 Å². The molecule has 2 amide bonds. The van der Waals surface area contributed by atoms with Gasteiger partial charge in [-0.3, -0.25) is 9.59 Å². The van der Waals surface area contributed by atoms with Gasteiger partial charge in [-0.15, -0.1) is 0 Å². The summed E-state index contributed by atoms with van der Waals surface area (Å²) in [7, 11) is 1.80. The molecule has 0 aromatic heterocycles. The fraction of sp³-hybridized carbons (Fsp3) is 0.867. The van der Waals surface area contributed by atoms with Crippen LogP contribution in [0.1, 0.15) is 39.5 Å². The van der Waals surface area contributed by atoms with Crippen molar-refractivity contribution in [2.75, 3.05) is 26.7 Å². The van der Waals surface area contributed by atoms with Gasteiger partial charge in [-0.05, 0) is 39.2 Å². The van der Waals surface area contributed by atoms with E-state index in [1.54, 1.807) is 16.8 Å². The lowest BCUT2D eigenvalue weighted by atomic mass is 9.77. The minimum atomic E-state index is -0.735. The molecule has 0 aromatic rings. The Labute approximate surface area is 121 Å².